The molecule has 22 heavy (non-hydrogen) atoms. The normalized spacial score (nSPS) is 10.6. The van der Waals surface area contributed by atoms with Crippen LogP contribution in [-0.2, 0) is 4.74 Å². The van der Waals surface area contributed by atoms with Crippen molar-refractivity contribution in [3.8, 4) is 11.5 Å². The molecule has 7 nitrogen and oxygen atoms in total. The molecule has 0 atom stereocenters. The average molecular weight is 298 g/mol. The molecule has 0 saturated carbocycles. The largest absolute Gasteiger partial charge is 0.465 e. The molecule has 0 unspecified atom stereocenters. The third-order valence-corrected chi connectivity index (χ3v) is 3.11. The van der Waals surface area contributed by atoms with Gasteiger partial charge in [-0.1, -0.05) is 6.07 Å². The van der Waals surface area contributed by atoms with E-state index in [1.165, 1.54) is 19.2 Å². The molecule has 0 aliphatic carbocycles. The van der Waals surface area contributed by atoms with Crippen LogP contribution < -0.4 is 0 Å². The second-order valence-corrected chi connectivity index (χ2v) is 4.50. The average Bonchev–Trinajstić information content (AvgIpc) is 2.97. The zero-order chi connectivity index (χ0) is 15.7. The lowest BCUT2D eigenvalue weighted by atomic mass is 10.2. The van der Waals surface area contributed by atoms with E-state index < -0.39 is 10.9 Å². The molecule has 2 aromatic carbocycles. The van der Waals surface area contributed by atoms with E-state index in [1.807, 2.05) is 0 Å². The summed E-state index contributed by atoms with van der Waals surface area (Å²) in [6.45, 7) is 0. The van der Waals surface area contributed by atoms with E-state index in [1.54, 1.807) is 30.3 Å². The van der Waals surface area contributed by atoms with Crippen LogP contribution >= 0.6 is 0 Å². The Balaban J connectivity index is 2.07. The second-order valence-electron chi connectivity index (χ2n) is 4.50. The first-order valence-electron chi connectivity index (χ1n) is 6.32. The highest BCUT2D eigenvalue weighted by molar-refractivity contribution is 5.93. The molecule has 1 aromatic heterocycles. The molecule has 110 valence electrons. The van der Waals surface area contributed by atoms with Crippen LogP contribution in [0.1, 0.15) is 10.4 Å². The van der Waals surface area contributed by atoms with Gasteiger partial charge in [0.15, 0.2) is 5.58 Å². The molecule has 1 heterocycles. The number of benzene rings is 2. The van der Waals surface area contributed by atoms with Crippen LogP contribution in [-0.4, -0.2) is 23.0 Å². The van der Waals surface area contributed by atoms with Crippen LogP contribution in [0.2, 0.25) is 0 Å². The summed E-state index contributed by atoms with van der Waals surface area (Å²) < 4.78 is 10.2. The van der Waals surface area contributed by atoms with Gasteiger partial charge in [0.2, 0.25) is 5.89 Å². The Morgan fingerprint density at radius 2 is 2.09 bits per heavy atom. The molecule has 0 aliphatic rings. The third-order valence-electron chi connectivity index (χ3n) is 3.11. The fourth-order valence-corrected chi connectivity index (χ4v) is 2.05. The first-order valence-corrected chi connectivity index (χ1v) is 6.32. The number of carbonyl (C=O) groups excluding carboxylic acids is 1. The van der Waals surface area contributed by atoms with Crippen molar-refractivity contribution in [1.82, 2.24) is 4.98 Å². The number of hydrogen-bond acceptors (Lipinski definition) is 6. The third kappa shape index (κ3) is 2.39. The number of rotatable bonds is 3. The lowest BCUT2D eigenvalue weighted by Gasteiger charge is -1.96. The predicted octanol–water partition coefficient (Wildman–Crippen LogP) is 3.19. The van der Waals surface area contributed by atoms with Crippen LogP contribution in [0, 0.1) is 10.1 Å². The van der Waals surface area contributed by atoms with Gasteiger partial charge < -0.3 is 9.15 Å². The van der Waals surface area contributed by atoms with Gasteiger partial charge in [-0.2, -0.15) is 0 Å². The summed E-state index contributed by atoms with van der Waals surface area (Å²) >= 11 is 0. The topological polar surface area (TPSA) is 95.5 Å². The predicted molar refractivity (Wildman–Crippen MR) is 77.4 cm³/mol. The first kappa shape index (κ1) is 13.7. The van der Waals surface area contributed by atoms with Crippen molar-refractivity contribution >= 4 is 22.8 Å². The van der Waals surface area contributed by atoms with Crippen molar-refractivity contribution in [2.24, 2.45) is 0 Å². The Bertz CT molecular complexity index is 885. The van der Waals surface area contributed by atoms with E-state index in [0.717, 1.165) is 0 Å². The smallest absolute Gasteiger partial charge is 0.337 e. The van der Waals surface area contributed by atoms with E-state index in [-0.39, 0.29) is 11.6 Å². The Morgan fingerprint density at radius 1 is 1.27 bits per heavy atom. The molecule has 0 saturated heterocycles. The van der Waals surface area contributed by atoms with Gasteiger partial charge in [0.25, 0.3) is 5.69 Å². The van der Waals surface area contributed by atoms with Crippen molar-refractivity contribution < 1.29 is 18.9 Å². The molecule has 0 fully saturated rings. The van der Waals surface area contributed by atoms with Gasteiger partial charge in [-0.15, -0.1) is 0 Å². The second kappa shape index (κ2) is 5.28. The number of nitrogens with zero attached hydrogens (tertiary/aromatic N) is 2. The monoisotopic (exact) mass is 298 g/mol. The molecule has 3 aromatic rings. The minimum atomic E-state index is -0.485. The van der Waals surface area contributed by atoms with Gasteiger partial charge in [0.05, 0.1) is 17.6 Å². The fraction of sp³-hybridized carbons (Fsp3) is 0.0667. The highest BCUT2D eigenvalue weighted by Crippen LogP contribution is 2.27. The van der Waals surface area contributed by atoms with Gasteiger partial charge in [0.1, 0.15) is 5.52 Å². The Labute approximate surface area is 124 Å². The van der Waals surface area contributed by atoms with E-state index in [0.29, 0.717) is 22.2 Å². The zero-order valence-corrected chi connectivity index (χ0v) is 11.5. The Morgan fingerprint density at radius 3 is 2.82 bits per heavy atom. The fourth-order valence-electron chi connectivity index (χ4n) is 2.05. The number of hydrogen-bond donors (Lipinski definition) is 0. The Hall–Kier alpha value is -3.22. The molecule has 3 rings (SSSR count). The Kier molecular flexibility index (Phi) is 3.30. The lowest BCUT2D eigenvalue weighted by Crippen LogP contribution is -2.00. The standard InChI is InChI=1S/C15H10N2O5/c1-21-15(18)10-5-6-13-12(8-10)16-14(22-13)9-3-2-4-11(7-9)17(19)20/h2-8H,1H3. The first-order chi connectivity index (χ1) is 10.6. The van der Waals surface area contributed by atoms with Gasteiger partial charge in [-0.05, 0) is 24.3 Å². The SMILES string of the molecule is COC(=O)c1ccc2oc(-c3cccc([N+](=O)[O-])c3)nc2c1. The zero-order valence-electron chi connectivity index (χ0n) is 11.5. The molecular weight excluding hydrogens is 288 g/mol. The summed E-state index contributed by atoms with van der Waals surface area (Å²) in [6.07, 6.45) is 0. The molecule has 0 radical (unpaired) electrons. The molecule has 0 N–H and O–H groups in total. The number of aromatic nitrogens is 1. The van der Waals surface area contributed by atoms with E-state index in [2.05, 4.69) is 9.72 Å². The number of oxazole rings is 1. The molecular formula is C15H10N2O5. The van der Waals surface area contributed by atoms with Crippen LogP contribution in [0.4, 0.5) is 5.69 Å². The van der Waals surface area contributed by atoms with Crippen molar-refractivity contribution in [2.75, 3.05) is 7.11 Å². The minimum Gasteiger partial charge on any atom is -0.465 e. The highest BCUT2D eigenvalue weighted by atomic mass is 16.6. The summed E-state index contributed by atoms with van der Waals surface area (Å²) in [5.74, 6) is -0.220. The van der Waals surface area contributed by atoms with Crippen LogP contribution in [0.25, 0.3) is 22.6 Å². The van der Waals surface area contributed by atoms with Gasteiger partial charge in [-0.3, -0.25) is 10.1 Å². The molecule has 0 aliphatic heterocycles. The maximum absolute atomic E-state index is 11.5. The van der Waals surface area contributed by atoms with E-state index in [4.69, 9.17) is 4.42 Å². The van der Waals surface area contributed by atoms with E-state index >= 15 is 0 Å². The number of nitro benzene ring substituents is 1. The summed E-state index contributed by atoms with van der Waals surface area (Å²) in [7, 11) is 1.30. The van der Waals surface area contributed by atoms with Crippen LogP contribution in [0.15, 0.2) is 46.9 Å². The maximum Gasteiger partial charge on any atom is 0.337 e. The van der Waals surface area contributed by atoms with Crippen LogP contribution in [0.3, 0.4) is 0 Å². The number of carbonyl (C=O) groups is 1. The van der Waals surface area contributed by atoms with Crippen molar-refractivity contribution in [1.29, 1.82) is 0 Å². The number of methoxy groups -OCH3 is 1. The highest BCUT2D eigenvalue weighted by Gasteiger charge is 2.14. The molecule has 0 amide bonds. The lowest BCUT2D eigenvalue weighted by molar-refractivity contribution is -0.384. The van der Waals surface area contributed by atoms with Crippen molar-refractivity contribution in [3.63, 3.8) is 0 Å². The number of non-ortho nitro benzene ring substituents is 1. The van der Waals surface area contributed by atoms with Crippen LogP contribution in [0.5, 0.6) is 0 Å². The minimum absolute atomic E-state index is 0.0463. The number of esters is 1. The van der Waals surface area contributed by atoms with Crippen molar-refractivity contribution in [2.45, 2.75) is 0 Å². The van der Waals surface area contributed by atoms with Gasteiger partial charge in [0, 0.05) is 17.7 Å². The number of nitro groups is 1. The van der Waals surface area contributed by atoms with Gasteiger partial charge in [-0.25, -0.2) is 9.78 Å². The quantitative estimate of drug-likeness (QED) is 0.418. The summed E-state index contributed by atoms with van der Waals surface area (Å²) in [6, 6.07) is 10.7. The summed E-state index contributed by atoms with van der Waals surface area (Å²) in [5.41, 5.74) is 1.76. The van der Waals surface area contributed by atoms with Gasteiger partial charge >= 0.3 is 5.97 Å². The van der Waals surface area contributed by atoms with E-state index in [9.17, 15) is 14.9 Å². The molecule has 0 spiro atoms. The molecule has 0 bridgehead atoms. The summed E-state index contributed by atoms with van der Waals surface area (Å²) in [4.78, 5) is 26.1. The maximum atomic E-state index is 11.5. The number of ether oxygens (including phenoxy) is 1. The van der Waals surface area contributed by atoms with Crippen molar-refractivity contribution in [3.05, 3.63) is 58.1 Å². The molecule has 7 heteroatoms. The summed E-state index contributed by atoms with van der Waals surface area (Å²) in [5, 5.41) is 10.8. The number of fused-ring (bicyclic) bond motifs is 1.